The SMILES string of the molecule is COc1ccc(Br)c(C(=O)NCCc2ccc(-c3cccs3)s2)c1. The molecule has 1 N–H and O–H groups in total. The van der Waals surface area contributed by atoms with E-state index in [-0.39, 0.29) is 5.91 Å². The fourth-order valence-corrected chi connectivity index (χ4v) is 4.53. The molecule has 0 bridgehead atoms. The van der Waals surface area contributed by atoms with Gasteiger partial charge in [0.15, 0.2) is 0 Å². The molecule has 0 saturated carbocycles. The Morgan fingerprint density at radius 1 is 1.21 bits per heavy atom. The Kier molecular flexibility index (Phi) is 5.71. The van der Waals surface area contributed by atoms with Crippen LogP contribution in [0.1, 0.15) is 15.2 Å². The van der Waals surface area contributed by atoms with E-state index in [1.807, 2.05) is 12.1 Å². The fraction of sp³-hybridized carbons (Fsp3) is 0.167. The van der Waals surface area contributed by atoms with E-state index >= 15 is 0 Å². The van der Waals surface area contributed by atoms with Crippen LogP contribution < -0.4 is 10.1 Å². The van der Waals surface area contributed by atoms with Crippen molar-refractivity contribution in [1.29, 1.82) is 0 Å². The number of methoxy groups -OCH3 is 1. The second-order valence-electron chi connectivity index (χ2n) is 5.09. The lowest BCUT2D eigenvalue weighted by molar-refractivity contribution is 0.0953. The zero-order valence-corrected chi connectivity index (χ0v) is 16.3. The first-order valence-corrected chi connectivity index (χ1v) is 9.90. The van der Waals surface area contributed by atoms with E-state index in [9.17, 15) is 4.79 Å². The zero-order valence-electron chi connectivity index (χ0n) is 13.0. The Morgan fingerprint density at radius 3 is 2.83 bits per heavy atom. The Balaban J connectivity index is 1.57. The summed E-state index contributed by atoms with van der Waals surface area (Å²) in [5.41, 5.74) is 0.583. The summed E-state index contributed by atoms with van der Waals surface area (Å²) < 4.78 is 5.93. The number of hydrogen-bond donors (Lipinski definition) is 1. The molecule has 3 nitrogen and oxygen atoms in total. The van der Waals surface area contributed by atoms with Gasteiger partial charge in [0, 0.05) is 25.6 Å². The number of nitrogens with one attached hydrogen (secondary N) is 1. The standard InChI is InChI=1S/C18H16BrNO2S2/c1-22-12-4-6-15(19)14(11-12)18(21)20-9-8-13-5-7-17(24-13)16-3-2-10-23-16/h2-7,10-11H,8-9H2,1H3,(H,20,21). The molecular weight excluding hydrogens is 406 g/mol. The van der Waals surface area contributed by atoms with Crippen LogP contribution in [0.25, 0.3) is 9.75 Å². The molecule has 0 fully saturated rings. The summed E-state index contributed by atoms with van der Waals surface area (Å²) in [5.74, 6) is 0.568. The number of benzene rings is 1. The van der Waals surface area contributed by atoms with Crippen molar-refractivity contribution in [1.82, 2.24) is 5.32 Å². The van der Waals surface area contributed by atoms with Gasteiger partial charge >= 0.3 is 0 Å². The van der Waals surface area contributed by atoms with Gasteiger partial charge in [-0.2, -0.15) is 0 Å². The van der Waals surface area contributed by atoms with Crippen LogP contribution in [0.5, 0.6) is 5.75 Å². The van der Waals surface area contributed by atoms with Gasteiger partial charge in [-0.1, -0.05) is 6.07 Å². The van der Waals surface area contributed by atoms with E-state index in [1.54, 1.807) is 35.8 Å². The summed E-state index contributed by atoms with van der Waals surface area (Å²) in [6.07, 6.45) is 0.823. The first kappa shape index (κ1) is 17.2. The highest BCUT2D eigenvalue weighted by Gasteiger charge is 2.11. The van der Waals surface area contributed by atoms with Gasteiger partial charge in [-0.05, 0) is 64.1 Å². The first-order chi connectivity index (χ1) is 11.7. The Hall–Kier alpha value is -1.63. The van der Waals surface area contributed by atoms with Crippen molar-refractivity contribution in [2.24, 2.45) is 0 Å². The van der Waals surface area contributed by atoms with Crippen molar-refractivity contribution in [2.45, 2.75) is 6.42 Å². The molecule has 2 aromatic heterocycles. The van der Waals surface area contributed by atoms with Crippen LogP contribution in [0.2, 0.25) is 0 Å². The number of hydrogen-bond acceptors (Lipinski definition) is 4. The monoisotopic (exact) mass is 421 g/mol. The smallest absolute Gasteiger partial charge is 0.252 e. The molecule has 1 amide bonds. The Labute approximate surface area is 157 Å². The fourth-order valence-electron chi connectivity index (χ4n) is 2.26. The molecule has 0 atom stereocenters. The summed E-state index contributed by atoms with van der Waals surface area (Å²) in [6.45, 7) is 0.604. The molecule has 0 aliphatic rings. The molecule has 0 aliphatic carbocycles. The largest absolute Gasteiger partial charge is 0.497 e. The van der Waals surface area contributed by atoms with Crippen LogP contribution in [0.3, 0.4) is 0 Å². The first-order valence-electron chi connectivity index (χ1n) is 7.41. The lowest BCUT2D eigenvalue weighted by Gasteiger charge is -2.08. The molecule has 0 saturated heterocycles. The molecule has 24 heavy (non-hydrogen) atoms. The highest BCUT2D eigenvalue weighted by Crippen LogP contribution is 2.31. The van der Waals surface area contributed by atoms with Gasteiger partial charge < -0.3 is 10.1 Å². The quantitative estimate of drug-likeness (QED) is 0.592. The van der Waals surface area contributed by atoms with Crippen molar-refractivity contribution in [3.8, 4) is 15.5 Å². The number of amides is 1. The van der Waals surface area contributed by atoms with Crippen LogP contribution in [0, 0.1) is 0 Å². The molecule has 0 spiro atoms. The minimum absolute atomic E-state index is 0.101. The number of carbonyl (C=O) groups is 1. The van der Waals surface area contributed by atoms with Gasteiger partial charge in [0.1, 0.15) is 5.75 Å². The van der Waals surface area contributed by atoms with Gasteiger partial charge in [0.05, 0.1) is 12.7 Å². The van der Waals surface area contributed by atoms with E-state index in [0.717, 1.165) is 10.9 Å². The molecule has 3 rings (SSSR count). The van der Waals surface area contributed by atoms with E-state index in [2.05, 4.69) is 50.9 Å². The van der Waals surface area contributed by atoms with Crippen molar-refractivity contribution < 1.29 is 9.53 Å². The molecule has 1 aromatic carbocycles. The van der Waals surface area contributed by atoms with Gasteiger partial charge in [0.2, 0.25) is 0 Å². The summed E-state index contributed by atoms with van der Waals surface area (Å²) >= 11 is 6.93. The van der Waals surface area contributed by atoms with Gasteiger partial charge in [0.25, 0.3) is 5.91 Å². The second-order valence-corrected chi connectivity index (χ2v) is 8.07. The number of halogens is 1. The molecule has 124 valence electrons. The molecule has 3 aromatic rings. The van der Waals surface area contributed by atoms with Crippen molar-refractivity contribution in [3.63, 3.8) is 0 Å². The van der Waals surface area contributed by atoms with E-state index in [4.69, 9.17) is 4.74 Å². The Morgan fingerprint density at radius 2 is 2.08 bits per heavy atom. The number of ether oxygens (including phenoxy) is 1. The third kappa shape index (κ3) is 4.06. The average molecular weight is 422 g/mol. The third-order valence-corrected chi connectivity index (χ3v) is 6.40. The van der Waals surface area contributed by atoms with Crippen LogP contribution in [0.15, 0.2) is 52.3 Å². The lowest BCUT2D eigenvalue weighted by atomic mass is 10.2. The minimum atomic E-state index is -0.101. The summed E-state index contributed by atoms with van der Waals surface area (Å²) in [4.78, 5) is 16.2. The summed E-state index contributed by atoms with van der Waals surface area (Å²) in [7, 11) is 1.59. The van der Waals surface area contributed by atoms with Crippen molar-refractivity contribution in [3.05, 3.63) is 62.8 Å². The molecule has 2 heterocycles. The highest BCUT2D eigenvalue weighted by molar-refractivity contribution is 9.10. The van der Waals surface area contributed by atoms with Gasteiger partial charge in [-0.3, -0.25) is 4.79 Å². The minimum Gasteiger partial charge on any atom is -0.497 e. The van der Waals surface area contributed by atoms with Crippen LogP contribution in [-0.2, 0) is 6.42 Å². The maximum atomic E-state index is 12.3. The Bertz CT molecular complexity index is 827. The van der Waals surface area contributed by atoms with E-state index in [1.165, 1.54) is 14.6 Å². The normalized spacial score (nSPS) is 10.6. The second kappa shape index (κ2) is 7.96. The van der Waals surface area contributed by atoms with Crippen LogP contribution >= 0.6 is 38.6 Å². The van der Waals surface area contributed by atoms with Crippen LogP contribution in [-0.4, -0.2) is 19.6 Å². The maximum Gasteiger partial charge on any atom is 0.252 e. The predicted molar refractivity (Wildman–Crippen MR) is 104 cm³/mol. The maximum absolute atomic E-state index is 12.3. The molecule has 0 radical (unpaired) electrons. The average Bonchev–Trinajstić information content (AvgIpc) is 3.26. The number of thiophene rings is 2. The van der Waals surface area contributed by atoms with Crippen molar-refractivity contribution in [2.75, 3.05) is 13.7 Å². The highest BCUT2D eigenvalue weighted by atomic mass is 79.9. The number of rotatable bonds is 6. The summed E-state index contributed by atoms with van der Waals surface area (Å²) in [6, 6.07) is 13.8. The zero-order chi connectivity index (χ0) is 16.9. The molecule has 0 aliphatic heterocycles. The number of carbonyl (C=O) groups excluding carboxylic acids is 1. The van der Waals surface area contributed by atoms with Crippen molar-refractivity contribution >= 4 is 44.5 Å². The van der Waals surface area contributed by atoms with E-state index in [0.29, 0.717) is 17.9 Å². The van der Waals surface area contributed by atoms with Gasteiger partial charge in [-0.25, -0.2) is 0 Å². The molecular formula is C18H16BrNO2S2. The van der Waals surface area contributed by atoms with E-state index < -0.39 is 0 Å². The summed E-state index contributed by atoms with van der Waals surface area (Å²) in [5, 5.41) is 5.05. The molecule has 0 unspecified atom stereocenters. The molecule has 6 heteroatoms. The topological polar surface area (TPSA) is 38.3 Å². The lowest BCUT2D eigenvalue weighted by Crippen LogP contribution is -2.25. The predicted octanol–water partition coefficient (Wildman–Crippen LogP) is 5.22. The third-order valence-electron chi connectivity index (χ3n) is 3.50. The van der Waals surface area contributed by atoms with Gasteiger partial charge in [-0.15, -0.1) is 22.7 Å². The van der Waals surface area contributed by atoms with Crippen LogP contribution in [0.4, 0.5) is 0 Å².